The number of aryl methyl sites for hydroxylation is 1. The number of rotatable bonds is 3. The first-order valence-electron chi connectivity index (χ1n) is 9.61. The van der Waals surface area contributed by atoms with Gasteiger partial charge in [0, 0.05) is 4.88 Å². The van der Waals surface area contributed by atoms with Crippen LogP contribution in [0, 0.1) is 5.92 Å². The van der Waals surface area contributed by atoms with Crippen LogP contribution < -0.4 is 10.7 Å². The van der Waals surface area contributed by atoms with Crippen molar-refractivity contribution in [3.8, 4) is 0 Å². The van der Waals surface area contributed by atoms with Gasteiger partial charge >= 0.3 is 6.03 Å². The number of carbonyl (C=O) groups is 3. The summed E-state index contributed by atoms with van der Waals surface area (Å²) in [4.78, 5) is 39.6. The molecule has 0 unspecified atom stereocenters. The van der Waals surface area contributed by atoms with E-state index in [1.165, 1.54) is 28.2 Å². The molecule has 3 aliphatic rings. The van der Waals surface area contributed by atoms with Crippen molar-refractivity contribution in [1.82, 2.24) is 15.8 Å². The summed E-state index contributed by atoms with van der Waals surface area (Å²) in [5.74, 6) is 0.00170. The molecule has 2 N–H and O–H groups in total. The molecule has 2 heterocycles. The fraction of sp³-hybridized carbons (Fsp3) is 0.632. The molecule has 1 saturated carbocycles. The highest BCUT2D eigenvalue weighted by Crippen LogP contribution is 2.35. The summed E-state index contributed by atoms with van der Waals surface area (Å²) in [6.45, 7) is 2.20. The zero-order valence-electron chi connectivity index (χ0n) is 15.1. The Morgan fingerprint density at radius 1 is 1.35 bits per heavy atom. The molecule has 1 aromatic rings. The molecule has 1 saturated heterocycles. The molecule has 0 bridgehead atoms. The minimum Gasteiger partial charge on any atom is -0.322 e. The average Bonchev–Trinajstić information content (AvgIpc) is 3.17. The van der Waals surface area contributed by atoms with E-state index in [-0.39, 0.29) is 11.8 Å². The van der Waals surface area contributed by atoms with Crippen LogP contribution in [0.4, 0.5) is 4.79 Å². The lowest BCUT2D eigenvalue weighted by Gasteiger charge is -2.30. The smallest absolute Gasteiger partial charge is 0.322 e. The number of carbonyl (C=O) groups excluding carboxylic acids is 3. The summed E-state index contributed by atoms with van der Waals surface area (Å²) in [5, 5.41) is 3.70. The molecule has 140 valence electrons. The third kappa shape index (κ3) is 2.92. The number of fused-ring (bicyclic) bond motifs is 1. The third-order valence-corrected chi connectivity index (χ3v) is 7.30. The van der Waals surface area contributed by atoms with Gasteiger partial charge in [0.2, 0.25) is 0 Å². The van der Waals surface area contributed by atoms with Crippen molar-refractivity contribution in [2.45, 2.75) is 70.3 Å². The van der Waals surface area contributed by atoms with Gasteiger partial charge < -0.3 is 5.32 Å². The van der Waals surface area contributed by atoms with Crippen molar-refractivity contribution in [1.29, 1.82) is 0 Å². The third-order valence-electron chi connectivity index (χ3n) is 6.07. The van der Waals surface area contributed by atoms with E-state index >= 15 is 0 Å². The van der Waals surface area contributed by atoms with Crippen molar-refractivity contribution < 1.29 is 14.4 Å². The average molecular weight is 375 g/mol. The molecule has 6 nitrogen and oxygen atoms in total. The van der Waals surface area contributed by atoms with Crippen LogP contribution in [0.3, 0.4) is 0 Å². The standard InChI is InChI=1S/C19H25N3O3S/c1-2-12-6-7-14-13(10-12)11-15(26-14)16(23)21-22-17(24)19(20-18(22)25)8-4-3-5-9-19/h11-12H,2-10H2,1H3,(H,20,25)(H,21,23)/t12-/m1/s1. The second kappa shape index (κ2) is 6.68. The van der Waals surface area contributed by atoms with Crippen LogP contribution in [0.5, 0.6) is 0 Å². The molecule has 1 atom stereocenters. The van der Waals surface area contributed by atoms with Crippen LogP contribution in [0.1, 0.15) is 72.0 Å². The first-order chi connectivity index (χ1) is 12.5. The number of amides is 4. The molecule has 1 spiro atoms. The van der Waals surface area contributed by atoms with E-state index in [2.05, 4.69) is 17.7 Å². The summed E-state index contributed by atoms with van der Waals surface area (Å²) in [6.07, 6.45) is 8.57. The van der Waals surface area contributed by atoms with Crippen LogP contribution in [0.2, 0.25) is 0 Å². The van der Waals surface area contributed by atoms with Crippen LogP contribution >= 0.6 is 11.3 Å². The zero-order valence-corrected chi connectivity index (χ0v) is 15.9. The number of nitrogens with zero attached hydrogens (tertiary/aromatic N) is 1. The van der Waals surface area contributed by atoms with Gasteiger partial charge in [-0.15, -0.1) is 11.3 Å². The second-order valence-corrected chi connectivity index (χ2v) is 8.87. The van der Waals surface area contributed by atoms with E-state index in [1.807, 2.05) is 6.07 Å². The Morgan fingerprint density at radius 2 is 2.12 bits per heavy atom. The van der Waals surface area contributed by atoms with E-state index in [0.717, 1.165) is 43.5 Å². The Balaban J connectivity index is 1.48. The molecule has 7 heteroatoms. The maximum Gasteiger partial charge on any atom is 0.344 e. The molecule has 1 aliphatic heterocycles. The van der Waals surface area contributed by atoms with Crippen molar-refractivity contribution in [2.75, 3.05) is 0 Å². The monoisotopic (exact) mass is 375 g/mol. The van der Waals surface area contributed by atoms with Gasteiger partial charge in [0.15, 0.2) is 0 Å². The molecule has 2 fully saturated rings. The topological polar surface area (TPSA) is 78.5 Å². The summed E-state index contributed by atoms with van der Waals surface area (Å²) < 4.78 is 0. The predicted molar refractivity (Wildman–Crippen MR) is 98.8 cm³/mol. The zero-order chi connectivity index (χ0) is 18.3. The lowest BCUT2D eigenvalue weighted by atomic mass is 9.82. The molecule has 1 aromatic heterocycles. The first kappa shape index (κ1) is 17.5. The normalized spacial score (nSPS) is 24.5. The highest BCUT2D eigenvalue weighted by molar-refractivity contribution is 7.14. The van der Waals surface area contributed by atoms with E-state index in [1.54, 1.807) is 0 Å². The molecule has 2 aliphatic carbocycles. The van der Waals surface area contributed by atoms with E-state index in [9.17, 15) is 14.4 Å². The summed E-state index contributed by atoms with van der Waals surface area (Å²) in [5.41, 5.74) is 2.98. The van der Waals surface area contributed by atoms with Crippen molar-refractivity contribution in [3.05, 3.63) is 21.4 Å². The van der Waals surface area contributed by atoms with Gasteiger partial charge in [0.05, 0.1) is 4.88 Å². The van der Waals surface area contributed by atoms with Gasteiger partial charge in [-0.2, -0.15) is 5.01 Å². The lowest BCUT2D eigenvalue weighted by molar-refractivity contribution is -0.134. The molecular formula is C19H25N3O3S. The van der Waals surface area contributed by atoms with Gasteiger partial charge in [0.25, 0.3) is 11.8 Å². The quantitative estimate of drug-likeness (QED) is 0.797. The lowest BCUT2D eigenvalue weighted by Crippen LogP contribution is -2.50. The van der Waals surface area contributed by atoms with Crippen LogP contribution in [0.15, 0.2) is 6.07 Å². The number of hydrogen-bond acceptors (Lipinski definition) is 4. The summed E-state index contributed by atoms with van der Waals surface area (Å²) in [7, 11) is 0. The highest BCUT2D eigenvalue weighted by Gasteiger charge is 2.52. The highest BCUT2D eigenvalue weighted by atomic mass is 32.1. The van der Waals surface area contributed by atoms with Crippen molar-refractivity contribution in [3.63, 3.8) is 0 Å². The Hall–Kier alpha value is -1.89. The SMILES string of the molecule is CC[C@@H]1CCc2sc(C(=O)NN3C(=O)NC4(CCCCC4)C3=O)cc2C1. The minimum absolute atomic E-state index is 0.317. The fourth-order valence-corrected chi connectivity index (χ4v) is 5.53. The number of urea groups is 1. The van der Waals surface area contributed by atoms with Gasteiger partial charge in [-0.25, -0.2) is 4.79 Å². The van der Waals surface area contributed by atoms with Gasteiger partial charge in [-0.05, 0) is 49.7 Å². The Morgan fingerprint density at radius 3 is 2.85 bits per heavy atom. The van der Waals surface area contributed by atoms with Gasteiger partial charge in [0.1, 0.15) is 5.54 Å². The predicted octanol–water partition coefficient (Wildman–Crippen LogP) is 3.16. The second-order valence-electron chi connectivity index (χ2n) is 7.73. The van der Waals surface area contributed by atoms with Crippen molar-refractivity contribution in [2.24, 2.45) is 5.92 Å². The van der Waals surface area contributed by atoms with Crippen molar-refractivity contribution >= 4 is 29.2 Å². The minimum atomic E-state index is -0.814. The van der Waals surface area contributed by atoms with E-state index in [4.69, 9.17) is 0 Å². The van der Waals surface area contributed by atoms with E-state index in [0.29, 0.717) is 23.6 Å². The van der Waals surface area contributed by atoms with E-state index < -0.39 is 11.6 Å². The molecule has 26 heavy (non-hydrogen) atoms. The number of thiophene rings is 1. The number of hydrazine groups is 1. The Bertz CT molecular complexity index is 751. The first-order valence-corrected chi connectivity index (χ1v) is 10.4. The van der Waals surface area contributed by atoms with Crippen LogP contribution in [-0.2, 0) is 17.6 Å². The molecule has 0 aromatic carbocycles. The molecule has 4 amide bonds. The molecule has 4 rings (SSSR count). The number of nitrogens with one attached hydrogen (secondary N) is 2. The molecular weight excluding hydrogens is 350 g/mol. The summed E-state index contributed by atoms with van der Waals surface area (Å²) >= 11 is 1.49. The molecule has 0 radical (unpaired) electrons. The van der Waals surface area contributed by atoms with Gasteiger partial charge in [-0.3, -0.25) is 15.0 Å². The van der Waals surface area contributed by atoms with Gasteiger partial charge in [-0.1, -0.05) is 32.6 Å². The Labute approximate surface area is 157 Å². The van der Waals surface area contributed by atoms with Crippen LogP contribution in [-0.4, -0.2) is 28.4 Å². The largest absolute Gasteiger partial charge is 0.344 e. The van der Waals surface area contributed by atoms with Crippen LogP contribution in [0.25, 0.3) is 0 Å². The number of imide groups is 1. The summed E-state index contributed by atoms with van der Waals surface area (Å²) in [6, 6.07) is 1.42. The number of hydrogen-bond donors (Lipinski definition) is 2. The Kier molecular flexibility index (Phi) is 4.50. The fourth-order valence-electron chi connectivity index (χ4n) is 4.43. The maximum absolute atomic E-state index is 12.8. The maximum atomic E-state index is 12.8.